The molecule has 1 aromatic carbocycles. The van der Waals surface area contributed by atoms with Gasteiger partial charge in [0.15, 0.2) is 0 Å². The van der Waals surface area contributed by atoms with Gasteiger partial charge in [-0.1, -0.05) is 0 Å². The molecule has 0 fully saturated rings. The second-order valence-electron chi connectivity index (χ2n) is 3.66. The average Bonchev–Trinajstić information content (AvgIpc) is 2.11. The summed E-state index contributed by atoms with van der Waals surface area (Å²) in [5.41, 5.74) is 3.23. The third kappa shape index (κ3) is 1.33. The molecule has 2 nitrogen and oxygen atoms in total. The Labute approximate surface area is 82.8 Å². The Kier molecular flexibility index (Phi) is 1.92. The molecule has 72 valence electrons. The summed E-state index contributed by atoms with van der Waals surface area (Å²) < 4.78 is 5.48. The Hall–Kier alpha value is -1.57. The first-order chi connectivity index (χ1) is 6.58. The molecule has 0 aliphatic heterocycles. The standard InChI is InChI=1S/C12H12O2/c1-7-4-10-6-11(13)9(3)14-12(10)5-8(7)2/h4-6H,1-3H3/p+1. The maximum Gasteiger partial charge on any atom is 0.368 e. The van der Waals surface area contributed by atoms with Crippen molar-refractivity contribution >= 4 is 11.0 Å². The molecule has 0 unspecified atom stereocenters. The van der Waals surface area contributed by atoms with Crippen molar-refractivity contribution in [3.63, 3.8) is 0 Å². The average molecular weight is 189 g/mol. The van der Waals surface area contributed by atoms with Crippen molar-refractivity contribution in [3.05, 3.63) is 35.1 Å². The number of fused-ring (bicyclic) bond motifs is 1. The molecule has 0 aliphatic carbocycles. The molecular formula is C12H13O2+. The minimum absolute atomic E-state index is 0.209. The van der Waals surface area contributed by atoms with Gasteiger partial charge >= 0.3 is 11.3 Å². The van der Waals surface area contributed by atoms with Crippen LogP contribution in [0.15, 0.2) is 22.6 Å². The molecular weight excluding hydrogens is 176 g/mol. The smallest absolute Gasteiger partial charge is 0.368 e. The highest BCUT2D eigenvalue weighted by molar-refractivity contribution is 5.79. The molecule has 0 amide bonds. The molecule has 0 bridgehead atoms. The van der Waals surface area contributed by atoms with Gasteiger partial charge < -0.3 is 5.11 Å². The number of benzene rings is 1. The van der Waals surface area contributed by atoms with Crippen LogP contribution in [-0.2, 0) is 0 Å². The lowest BCUT2D eigenvalue weighted by Gasteiger charge is -1.98. The number of aromatic hydroxyl groups is 1. The number of aryl methyl sites for hydroxylation is 3. The van der Waals surface area contributed by atoms with E-state index in [4.69, 9.17) is 4.42 Å². The van der Waals surface area contributed by atoms with Crippen LogP contribution in [0.4, 0.5) is 0 Å². The van der Waals surface area contributed by atoms with Gasteiger partial charge in [0.2, 0.25) is 5.75 Å². The summed E-state index contributed by atoms with van der Waals surface area (Å²) in [5, 5.41) is 10.4. The topological polar surface area (TPSA) is 31.5 Å². The third-order valence-electron chi connectivity index (χ3n) is 2.54. The van der Waals surface area contributed by atoms with Gasteiger partial charge in [0.05, 0.1) is 12.3 Å². The summed E-state index contributed by atoms with van der Waals surface area (Å²) in [6.07, 6.45) is 0. The lowest BCUT2D eigenvalue weighted by molar-refractivity contribution is 0.432. The minimum atomic E-state index is 0.209. The first-order valence-electron chi connectivity index (χ1n) is 4.61. The predicted octanol–water partition coefficient (Wildman–Crippen LogP) is 3.34. The first kappa shape index (κ1) is 9.00. The Morgan fingerprint density at radius 2 is 1.64 bits per heavy atom. The quantitative estimate of drug-likeness (QED) is 0.644. The molecule has 0 spiro atoms. The summed E-state index contributed by atoms with van der Waals surface area (Å²) in [6, 6.07) is 5.76. The normalized spacial score (nSPS) is 10.8. The van der Waals surface area contributed by atoms with E-state index >= 15 is 0 Å². The SMILES string of the molecule is Cc1cc2cc(O)c(C)[o+]c2cc1C. The van der Waals surface area contributed by atoms with E-state index in [1.165, 1.54) is 11.1 Å². The van der Waals surface area contributed by atoms with E-state index in [0.29, 0.717) is 5.76 Å². The van der Waals surface area contributed by atoms with Crippen molar-refractivity contribution in [2.45, 2.75) is 20.8 Å². The van der Waals surface area contributed by atoms with Crippen molar-refractivity contribution in [1.29, 1.82) is 0 Å². The van der Waals surface area contributed by atoms with E-state index in [2.05, 4.69) is 0 Å². The Balaban J connectivity index is 2.83. The number of hydrogen-bond acceptors (Lipinski definition) is 1. The van der Waals surface area contributed by atoms with Crippen molar-refractivity contribution in [2.24, 2.45) is 0 Å². The van der Waals surface area contributed by atoms with E-state index in [0.717, 1.165) is 11.0 Å². The number of rotatable bonds is 0. The Morgan fingerprint density at radius 3 is 2.36 bits per heavy atom. The van der Waals surface area contributed by atoms with Crippen LogP contribution in [0.5, 0.6) is 5.75 Å². The van der Waals surface area contributed by atoms with Gasteiger partial charge in [0, 0.05) is 12.1 Å². The zero-order valence-electron chi connectivity index (χ0n) is 8.59. The summed E-state index contributed by atoms with van der Waals surface area (Å²) >= 11 is 0. The Bertz CT molecular complexity index is 412. The summed E-state index contributed by atoms with van der Waals surface area (Å²) in [5.74, 6) is 0.765. The molecule has 2 rings (SSSR count). The second-order valence-corrected chi connectivity index (χ2v) is 3.66. The van der Waals surface area contributed by atoms with E-state index in [1.54, 1.807) is 13.0 Å². The van der Waals surface area contributed by atoms with E-state index in [-0.39, 0.29) is 5.75 Å². The van der Waals surface area contributed by atoms with E-state index in [1.807, 2.05) is 26.0 Å². The van der Waals surface area contributed by atoms with Gasteiger partial charge in [0.1, 0.15) is 0 Å². The molecule has 0 aliphatic rings. The third-order valence-corrected chi connectivity index (χ3v) is 2.54. The Morgan fingerprint density at radius 1 is 1.00 bits per heavy atom. The maximum atomic E-state index is 9.48. The van der Waals surface area contributed by atoms with Crippen molar-refractivity contribution in [1.82, 2.24) is 0 Å². The zero-order chi connectivity index (χ0) is 10.3. The van der Waals surface area contributed by atoms with Gasteiger partial charge in [-0.3, -0.25) is 0 Å². The van der Waals surface area contributed by atoms with Crippen molar-refractivity contribution < 1.29 is 9.52 Å². The fraction of sp³-hybridized carbons (Fsp3) is 0.250. The van der Waals surface area contributed by atoms with Crippen LogP contribution >= 0.6 is 0 Å². The van der Waals surface area contributed by atoms with Crippen LogP contribution in [-0.4, -0.2) is 5.11 Å². The van der Waals surface area contributed by atoms with Crippen molar-refractivity contribution in [2.75, 3.05) is 0 Å². The van der Waals surface area contributed by atoms with Crippen molar-refractivity contribution in [3.8, 4) is 5.75 Å². The van der Waals surface area contributed by atoms with Crippen LogP contribution in [0.25, 0.3) is 11.0 Å². The van der Waals surface area contributed by atoms with Crippen LogP contribution in [0.1, 0.15) is 16.9 Å². The molecule has 0 saturated heterocycles. The lowest BCUT2D eigenvalue weighted by Crippen LogP contribution is -1.83. The molecule has 14 heavy (non-hydrogen) atoms. The highest BCUT2D eigenvalue weighted by Crippen LogP contribution is 2.26. The van der Waals surface area contributed by atoms with Gasteiger partial charge in [-0.2, -0.15) is 0 Å². The molecule has 0 radical (unpaired) electrons. The van der Waals surface area contributed by atoms with Gasteiger partial charge in [-0.25, -0.2) is 4.42 Å². The van der Waals surface area contributed by atoms with E-state index < -0.39 is 0 Å². The molecule has 1 heterocycles. The second kappa shape index (κ2) is 2.98. The van der Waals surface area contributed by atoms with Crippen LogP contribution in [0.3, 0.4) is 0 Å². The van der Waals surface area contributed by atoms with Crippen LogP contribution in [0.2, 0.25) is 0 Å². The highest BCUT2D eigenvalue weighted by Gasteiger charge is 2.14. The summed E-state index contributed by atoms with van der Waals surface area (Å²) in [4.78, 5) is 0. The summed E-state index contributed by atoms with van der Waals surface area (Å²) in [6.45, 7) is 5.85. The zero-order valence-corrected chi connectivity index (χ0v) is 8.59. The lowest BCUT2D eigenvalue weighted by atomic mass is 10.1. The predicted molar refractivity (Wildman–Crippen MR) is 56.5 cm³/mol. The monoisotopic (exact) mass is 189 g/mol. The highest BCUT2D eigenvalue weighted by atomic mass is 16.4. The van der Waals surface area contributed by atoms with Gasteiger partial charge in [-0.05, 0) is 31.0 Å². The van der Waals surface area contributed by atoms with Crippen LogP contribution in [0, 0.1) is 20.8 Å². The molecule has 0 saturated carbocycles. The fourth-order valence-corrected chi connectivity index (χ4v) is 1.48. The van der Waals surface area contributed by atoms with Gasteiger partial charge in [-0.15, -0.1) is 0 Å². The fourth-order valence-electron chi connectivity index (χ4n) is 1.48. The number of hydrogen-bond donors (Lipinski definition) is 1. The molecule has 0 atom stereocenters. The molecule has 2 heteroatoms. The minimum Gasteiger partial charge on any atom is -0.501 e. The van der Waals surface area contributed by atoms with Gasteiger partial charge in [0.25, 0.3) is 0 Å². The molecule has 1 aromatic heterocycles. The molecule has 1 N–H and O–H groups in total. The van der Waals surface area contributed by atoms with Crippen LogP contribution < -0.4 is 0 Å². The summed E-state index contributed by atoms with van der Waals surface area (Å²) in [7, 11) is 0. The molecule has 2 aromatic rings. The van der Waals surface area contributed by atoms with E-state index in [9.17, 15) is 5.11 Å². The maximum absolute atomic E-state index is 9.48. The largest absolute Gasteiger partial charge is 0.501 e. The first-order valence-corrected chi connectivity index (χ1v) is 4.61.